The minimum atomic E-state index is -0.113. The number of nitrogens with one attached hydrogen (secondary N) is 1. The molecule has 2 aromatic rings. The number of hydrazone groups is 1. The first-order valence-corrected chi connectivity index (χ1v) is 6.14. The van der Waals surface area contributed by atoms with Crippen molar-refractivity contribution in [1.29, 1.82) is 0 Å². The Kier molecular flexibility index (Phi) is 3.72. The van der Waals surface area contributed by atoms with Gasteiger partial charge in [-0.15, -0.1) is 0 Å². The topological polar surface area (TPSA) is 46.4 Å². The standard InChI is InChI=1S/C12H13N3OS/c1-15-5-2-3-11(15)7-12(16)14-13-8-10-4-6-17-9-10/h2-6,8-9H,7H2,1H3,(H,14,16). The zero-order chi connectivity index (χ0) is 12.1. The Morgan fingerprint density at radius 3 is 3.12 bits per heavy atom. The van der Waals surface area contributed by atoms with Crippen LogP contribution in [0.15, 0.2) is 40.3 Å². The van der Waals surface area contributed by atoms with Gasteiger partial charge in [0.15, 0.2) is 0 Å². The molecule has 0 aliphatic carbocycles. The number of nitrogens with zero attached hydrogens (tertiary/aromatic N) is 2. The largest absolute Gasteiger partial charge is 0.354 e. The van der Waals surface area contributed by atoms with Crippen LogP contribution in [0.25, 0.3) is 0 Å². The summed E-state index contributed by atoms with van der Waals surface area (Å²) in [6, 6.07) is 5.77. The molecule has 2 aromatic heterocycles. The van der Waals surface area contributed by atoms with Crippen molar-refractivity contribution in [2.24, 2.45) is 12.1 Å². The monoisotopic (exact) mass is 247 g/mol. The molecule has 88 valence electrons. The molecule has 0 fully saturated rings. The van der Waals surface area contributed by atoms with Crippen molar-refractivity contribution in [3.05, 3.63) is 46.4 Å². The number of rotatable bonds is 4. The first-order chi connectivity index (χ1) is 8.25. The van der Waals surface area contributed by atoms with E-state index >= 15 is 0 Å². The summed E-state index contributed by atoms with van der Waals surface area (Å²) < 4.78 is 1.92. The van der Waals surface area contributed by atoms with E-state index in [0.29, 0.717) is 6.42 Å². The molecule has 0 spiro atoms. The van der Waals surface area contributed by atoms with Gasteiger partial charge in [-0.25, -0.2) is 5.43 Å². The van der Waals surface area contributed by atoms with Crippen LogP contribution in [0, 0.1) is 0 Å². The van der Waals surface area contributed by atoms with Crippen LogP contribution in [-0.2, 0) is 18.3 Å². The molecule has 0 unspecified atom stereocenters. The highest BCUT2D eigenvalue weighted by molar-refractivity contribution is 7.08. The van der Waals surface area contributed by atoms with Gasteiger partial charge < -0.3 is 4.57 Å². The highest BCUT2D eigenvalue weighted by Gasteiger charge is 2.04. The maximum atomic E-state index is 11.6. The second kappa shape index (κ2) is 5.45. The molecular formula is C12H13N3OS. The third-order valence-electron chi connectivity index (χ3n) is 2.34. The second-order valence-electron chi connectivity index (χ2n) is 3.64. The smallest absolute Gasteiger partial charge is 0.245 e. The van der Waals surface area contributed by atoms with Crippen molar-refractivity contribution in [2.75, 3.05) is 0 Å². The van der Waals surface area contributed by atoms with Crippen LogP contribution in [0.3, 0.4) is 0 Å². The Morgan fingerprint density at radius 1 is 1.59 bits per heavy atom. The average molecular weight is 247 g/mol. The summed E-state index contributed by atoms with van der Waals surface area (Å²) >= 11 is 1.60. The molecule has 0 radical (unpaired) electrons. The molecule has 0 aliphatic rings. The van der Waals surface area contributed by atoms with Gasteiger partial charge in [0.2, 0.25) is 5.91 Å². The normalized spacial score (nSPS) is 10.9. The predicted molar refractivity (Wildman–Crippen MR) is 69.2 cm³/mol. The molecule has 5 heteroatoms. The Balaban J connectivity index is 1.84. The molecule has 0 bridgehead atoms. The lowest BCUT2D eigenvalue weighted by Gasteiger charge is -2.01. The van der Waals surface area contributed by atoms with Gasteiger partial charge in [0.05, 0.1) is 12.6 Å². The van der Waals surface area contributed by atoms with Crippen LogP contribution in [0.2, 0.25) is 0 Å². The van der Waals surface area contributed by atoms with E-state index in [1.54, 1.807) is 17.6 Å². The average Bonchev–Trinajstić information content (AvgIpc) is 2.92. The van der Waals surface area contributed by atoms with Crippen molar-refractivity contribution < 1.29 is 4.79 Å². The van der Waals surface area contributed by atoms with Gasteiger partial charge in [-0.05, 0) is 29.0 Å². The molecule has 17 heavy (non-hydrogen) atoms. The van der Waals surface area contributed by atoms with E-state index in [2.05, 4.69) is 10.5 Å². The van der Waals surface area contributed by atoms with Crippen LogP contribution in [0.4, 0.5) is 0 Å². The Morgan fingerprint density at radius 2 is 2.47 bits per heavy atom. The van der Waals surface area contributed by atoms with Crippen molar-refractivity contribution in [3.8, 4) is 0 Å². The summed E-state index contributed by atoms with van der Waals surface area (Å²) in [7, 11) is 1.91. The van der Waals surface area contributed by atoms with Gasteiger partial charge in [0.1, 0.15) is 0 Å². The third-order valence-corrected chi connectivity index (χ3v) is 3.04. The summed E-state index contributed by atoms with van der Waals surface area (Å²) in [5.74, 6) is -0.113. The number of hydrogen-bond acceptors (Lipinski definition) is 3. The van der Waals surface area contributed by atoms with Crippen LogP contribution < -0.4 is 5.43 Å². The maximum Gasteiger partial charge on any atom is 0.245 e. The lowest BCUT2D eigenvalue weighted by atomic mass is 10.3. The van der Waals surface area contributed by atoms with E-state index in [4.69, 9.17) is 0 Å². The van der Waals surface area contributed by atoms with E-state index in [1.807, 2.05) is 46.8 Å². The minimum absolute atomic E-state index is 0.113. The third kappa shape index (κ3) is 3.29. The lowest BCUT2D eigenvalue weighted by Crippen LogP contribution is -2.20. The summed E-state index contributed by atoms with van der Waals surface area (Å²) in [6.07, 6.45) is 3.89. The highest BCUT2D eigenvalue weighted by Crippen LogP contribution is 2.02. The highest BCUT2D eigenvalue weighted by atomic mass is 32.1. The SMILES string of the molecule is Cn1cccc1CC(=O)NN=Cc1ccsc1. The zero-order valence-corrected chi connectivity index (χ0v) is 10.3. The number of hydrogen-bond donors (Lipinski definition) is 1. The molecule has 0 atom stereocenters. The van der Waals surface area contributed by atoms with E-state index in [1.165, 1.54) is 0 Å². The molecular weight excluding hydrogens is 234 g/mol. The molecule has 4 nitrogen and oxygen atoms in total. The number of aromatic nitrogens is 1. The Hall–Kier alpha value is -1.88. The summed E-state index contributed by atoms with van der Waals surface area (Å²) in [4.78, 5) is 11.6. The quantitative estimate of drug-likeness (QED) is 0.649. The fourth-order valence-electron chi connectivity index (χ4n) is 1.41. The number of amides is 1. The van der Waals surface area contributed by atoms with Crippen molar-refractivity contribution in [2.45, 2.75) is 6.42 Å². The van der Waals surface area contributed by atoms with Gasteiger partial charge in [-0.1, -0.05) is 0 Å². The fourth-order valence-corrected chi connectivity index (χ4v) is 2.02. The molecule has 1 amide bonds. The molecule has 0 aliphatic heterocycles. The molecule has 0 saturated heterocycles. The number of thiophene rings is 1. The summed E-state index contributed by atoms with van der Waals surface area (Å²) in [5, 5.41) is 7.83. The van der Waals surface area contributed by atoms with E-state index < -0.39 is 0 Å². The van der Waals surface area contributed by atoms with Crippen LogP contribution in [-0.4, -0.2) is 16.7 Å². The molecule has 2 rings (SSSR count). The van der Waals surface area contributed by atoms with Gasteiger partial charge >= 0.3 is 0 Å². The molecule has 2 heterocycles. The van der Waals surface area contributed by atoms with Crippen molar-refractivity contribution in [1.82, 2.24) is 9.99 Å². The zero-order valence-electron chi connectivity index (χ0n) is 9.46. The fraction of sp³-hybridized carbons (Fsp3) is 0.167. The van der Waals surface area contributed by atoms with Crippen LogP contribution >= 0.6 is 11.3 Å². The minimum Gasteiger partial charge on any atom is -0.354 e. The predicted octanol–water partition coefficient (Wildman–Crippen LogP) is 1.78. The first-order valence-electron chi connectivity index (χ1n) is 5.20. The van der Waals surface area contributed by atoms with Crippen molar-refractivity contribution >= 4 is 23.5 Å². The van der Waals surface area contributed by atoms with E-state index in [0.717, 1.165) is 11.3 Å². The van der Waals surface area contributed by atoms with E-state index in [-0.39, 0.29) is 5.91 Å². The number of aryl methyl sites for hydroxylation is 1. The van der Waals surface area contributed by atoms with Gasteiger partial charge in [0.25, 0.3) is 0 Å². The van der Waals surface area contributed by atoms with Crippen LogP contribution in [0.1, 0.15) is 11.3 Å². The number of carbonyl (C=O) groups excluding carboxylic acids is 1. The first kappa shape index (κ1) is 11.6. The molecule has 0 saturated carbocycles. The lowest BCUT2D eigenvalue weighted by molar-refractivity contribution is -0.120. The summed E-state index contributed by atoms with van der Waals surface area (Å²) in [6.45, 7) is 0. The van der Waals surface area contributed by atoms with Gasteiger partial charge in [-0.2, -0.15) is 16.4 Å². The molecule has 0 aromatic carbocycles. The Labute approximate surface area is 104 Å². The molecule has 1 N–H and O–H groups in total. The second-order valence-corrected chi connectivity index (χ2v) is 4.42. The maximum absolute atomic E-state index is 11.6. The summed E-state index contributed by atoms with van der Waals surface area (Å²) in [5.41, 5.74) is 4.47. The van der Waals surface area contributed by atoms with Crippen molar-refractivity contribution in [3.63, 3.8) is 0 Å². The number of carbonyl (C=O) groups is 1. The van der Waals surface area contributed by atoms with Crippen LogP contribution in [0.5, 0.6) is 0 Å². The Bertz CT molecular complexity index is 514. The van der Waals surface area contributed by atoms with Gasteiger partial charge in [0, 0.05) is 24.5 Å². The van der Waals surface area contributed by atoms with Gasteiger partial charge in [-0.3, -0.25) is 4.79 Å². The van der Waals surface area contributed by atoms with E-state index in [9.17, 15) is 4.79 Å².